The predicted octanol–water partition coefficient (Wildman–Crippen LogP) is 3.37. The number of nitrogens with one attached hydrogen (secondary N) is 1. The number of amides is 2. The van der Waals surface area contributed by atoms with E-state index < -0.39 is 0 Å². The summed E-state index contributed by atoms with van der Waals surface area (Å²) in [5.74, 6) is 1.91. The standard InChI is InChI=1S/C24H28N2O6/c1-4-26(16-23(27)25-18-8-10-20-22(15-18)32-13-12-31-20)24(28)11-7-17-6-9-19(30-5-2)21(14-17)29-3/h6-11,14-15H,4-5,12-13,16H2,1-3H3,(H,25,27)/b11-7+. The molecule has 3 rings (SSSR count). The number of carbonyl (C=O) groups is 2. The molecule has 0 saturated heterocycles. The zero-order valence-corrected chi connectivity index (χ0v) is 18.6. The lowest BCUT2D eigenvalue weighted by molar-refractivity contribution is -0.130. The van der Waals surface area contributed by atoms with Gasteiger partial charge in [0.2, 0.25) is 11.8 Å². The molecular weight excluding hydrogens is 412 g/mol. The third-order valence-electron chi connectivity index (χ3n) is 4.76. The Bertz CT molecular complexity index is 988. The van der Waals surface area contributed by atoms with E-state index in [0.717, 1.165) is 5.56 Å². The van der Waals surface area contributed by atoms with Crippen LogP contribution >= 0.6 is 0 Å². The molecule has 1 aliphatic rings. The van der Waals surface area contributed by atoms with Gasteiger partial charge in [-0.15, -0.1) is 0 Å². The van der Waals surface area contributed by atoms with Gasteiger partial charge in [-0.1, -0.05) is 6.07 Å². The van der Waals surface area contributed by atoms with E-state index in [2.05, 4.69) is 5.32 Å². The first-order valence-electron chi connectivity index (χ1n) is 10.5. The van der Waals surface area contributed by atoms with E-state index in [0.29, 0.717) is 55.1 Å². The van der Waals surface area contributed by atoms with E-state index in [9.17, 15) is 9.59 Å². The van der Waals surface area contributed by atoms with Crippen LogP contribution in [-0.2, 0) is 9.59 Å². The van der Waals surface area contributed by atoms with Crippen molar-refractivity contribution >= 4 is 23.6 Å². The highest BCUT2D eigenvalue weighted by Gasteiger charge is 2.16. The predicted molar refractivity (Wildman–Crippen MR) is 122 cm³/mol. The van der Waals surface area contributed by atoms with Crippen LogP contribution in [0.2, 0.25) is 0 Å². The second kappa shape index (κ2) is 11.1. The summed E-state index contributed by atoms with van der Waals surface area (Å²) in [5, 5.41) is 2.80. The van der Waals surface area contributed by atoms with Crippen LogP contribution in [0, 0.1) is 0 Å². The lowest BCUT2D eigenvalue weighted by Gasteiger charge is -2.20. The highest BCUT2D eigenvalue weighted by molar-refractivity contribution is 5.98. The van der Waals surface area contributed by atoms with Gasteiger partial charge in [0.25, 0.3) is 0 Å². The zero-order chi connectivity index (χ0) is 22.9. The van der Waals surface area contributed by atoms with E-state index in [-0.39, 0.29) is 18.4 Å². The summed E-state index contributed by atoms with van der Waals surface area (Å²) in [6.45, 7) is 5.55. The fourth-order valence-corrected chi connectivity index (χ4v) is 3.18. The summed E-state index contributed by atoms with van der Waals surface area (Å²) in [5.41, 5.74) is 1.37. The Labute approximate surface area is 187 Å². The molecule has 8 nitrogen and oxygen atoms in total. The summed E-state index contributed by atoms with van der Waals surface area (Å²) in [7, 11) is 1.57. The molecule has 0 atom stereocenters. The summed E-state index contributed by atoms with van der Waals surface area (Å²) < 4.78 is 21.8. The second-order valence-electron chi connectivity index (χ2n) is 6.94. The van der Waals surface area contributed by atoms with E-state index in [4.69, 9.17) is 18.9 Å². The van der Waals surface area contributed by atoms with Gasteiger partial charge in [0.05, 0.1) is 13.7 Å². The van der Waals surface area contributed by atoms with Crippen LogP contribution in [0.15, 0.2) is 42.5 Å². The number of methoxy groups -OCH3 is 1. The topological polar surface area (TPSA) is 86.3 Å². The van der Waals surface area contributed by atoms with Crippen molar-refractivity contribution in [3.05, 3.63) is 48.0 Å². The number of anilines is 1. The maximum atomic E-state index is 12.6. The van der Waals surface area contributed by atoms with Gasteiger partial charge in [-0.2, -0.15) is 0 Å². The molecule has 1 heterocycles. The smallest absolute Gasteiger partial charge is 0.247 e. The van der Waals surface area contributed by atoms with E-state index >= 15 is 0 Å². The first-order chi connectivity index (χ1) is 15.5. The van der Waals surface area contributed by atoms with Gasteiger partial charge in [0.15, 0.2) is 23.0 Å². The molecule has 2 amide bonds. The molecule has 0 bridgehead atoms. The summed E-state index contributed by atoms with van der Waals surface area (Å²) in [6, 6.07) is 10.6. The van der Waals surface area contributed by atoms with Crippen molar-refractivity contribution in [2.45, 2.75) is 13.8 Å². The van der Waals surface area contributed by atoms with E-state index in [1.54, 1.807) is 43.5 Å². The fourth-order valence-electron chi connectivity index (χ4n) is 3.18. The molecule has 0 fully saturated rings. The molecule has 32 heavy (non-hydrogen) atoms. The molecule has 2 aromatic rings. The van der Waals surface area contributed by atoms with Crippen LogP contribution in [0.3, 0.4) is 0 Å². The van der Waals surface area contributed by atoms with Gasteiger partial charge in [-0.05, 0) is 49.8 Å². The number of rotatable bonds is 9. The number of likely N-dealkylation sites (N-methyl/N-ethyl adjacent to an activating group) is 1. The first kappa shape index (κ1) is 23.0. The van der Waals surface area contributed by atoms with Crippen LogP contribution < -0.4 is 24.3 Å². The van der Waals surface area contributed by atoms with Crippen molar-refractivity contribution in [1.29, 1.82) is 0 Å². The molecule has 1 aliphatic heterocycles. The number of nitrogens with zero attached hydrogens (tertiary/aromatic N) is 1. The maximum Gasteiger partial charge on any atom is 0.247 e. The second-order valence-corrected chi connectivity index (χ2v) is 6.94. The number of benzene rings is 2. The first-order valence-corrected chi connectivity index (χ1v) is 10.5. The largest absolute Gasteiger partial charge is 0.493 e. The fraction of sp³-hybridized carbons (Fsp3) is 0.333. The number of fused-ring (bicyclic) bond motifs is 1. The van der Waals surface area contributed by atoms with E-state index in [1.807, 2.05) is 19.9 Å². The van der Waals surface area contributed by atoms with Crippen molar-refractivity contribution in [1.82, 2.24) is 4.90 Å². The normalized spacial score (nSPS) is 12.3. The third-order valence-corrected chi connectivity index (χ3v) is 4.76. The lowest BCUT2D eigenvalue weighted by Crippen LogP contribution is -2.36. The highest BCUT2D eigenvalue weighted by Crippen LogP contribution is 2.32. The Morgan fingerprint density at radius 3 is 2.56 bits per heavy atom. The van der Waals surface area contributed by atoms with Crippen molar-refractivity contribution < 1.29 is 28.5 Å². The molecule has 0 unspecified atom stereocenters. The van der Waals surface area contributed by atoms with Crippen molar-refractivity contribution in [2.24, 2.45) is 0 Å². The average Bonchev–Trinajstić information content (AvgIpc) is 2.81. The Balaban J connectivity index is 1.60. The Morgan fingerprint density at radius 2 is 1.84 bits per heavy atom. The SMILES string of the molecule is CCOc1ccc(/C=C/C(=O)N(CC)CC(=O)Nc2ccc3c(c2)OCCO3)cc1OC. The molecule has 170 valence electrons. The minimum absolute atomic E-state index is 0.0687. The maximum absolute atomic E-state index is 12.6. The third kappa shape index (κ3) is 5.94. The van der Waals surface area contributed by atoms with Crippen LogP contribution in [0.4, 0.5) is 5.69 Å². The number of carbonyl (C=O) groups excluding carboxylic acids is 2. The zero-order valence-electron chi connectivity index (χ0n) is 18.6. The van der Waals surface area contributed by atoms with Gasteiger partial charge >= 0.3 is 0 Å². The van der Waals surface area contributed by atoms with Crippen molar-refractivity contribution in [2.75, 3.05) is 45.3 Å². The number of ether oxygens (including phenoxy) is 4. The monoisotopic (exact) mass is 440 g/mol. The molecule has 0 aliphatic carbocycles. The van der Waals surface area contributed by atoms with E-state index in [1.165, 1.54) is 11.0 Å². The minimum atomic E-state index is -0.298. The average molecular weight is 440 g/mol. The summed E-state index contributed by atoms with van der Waals surface area (Å²) in [4.78, 5) is 26.6. The number of hydrogen-bond acceptors (Lipinski definition) is 6. The Kier molecular flexibility index (Phi) is 7.96. The number of hydrogen-bond donors (Lipinski definition) is 1. The van der Waals surface area contributed by atoms with Gasteiger partial charge in [0, 0.05) is 24.4 Å². The van der Waals surface area contributed by atoms with Gasteiger partial charge in [-0.3, -0.25) is 9.59 Å². The summed E-state index contributed by atoms with van der Waals surface area (Å²) in [6.07, 6.45) is 3.12. The van der Waals surface area contributed by atoms with Crippen molar-refractivity contribution in [3.63, 3.8) is 0 Å². The van der Waals surface area contributed by atoms with Crippen LogP contribution in [0.25, 0.3) is 6.08 Å². The Hall–Kier alpha value is -3.68. The molecule has 8 heteroatoms. The van der Waals surface area contributed by atoms with Crippen molar-refractivity contribution in [3.8, 4) is 23.0 Å². The molecular formula is C24H28N2O6. The van der Waals surface area contributed by atoms with Gasteiger partial charge < -0.3 is 29.2 Å². The highest BCUT2D eigenvalue weighted by atomic mass is 16.6. The Morgan fingerprint density at radius 1 is 1.06 bits per heavy atom. The van der Waals surface area contributed by atoms with Crippen LogP contribution in [0.5, 0.6) is 23.0 Å². The summed E-state index contributed by atoms with van der Waals surface area (Å²) >= 11 is 0. The van der Waals surface area contributed by atoms with Crippen LogP contribution in [-0.4, -0.2) is 56.7 Å². The molecule has 1 N–H and O–H groups in total. The quantitative estimate of drug-likeness (QED) is 0.602. The molecule has 0 radical (unpaired) electrons. The molecule has 0 spiro atoms. The molecule has 2 aromatic carbocycles. The molecule has 0 saturated carbocycles. The molecule has 0 aromatic heterocycles. The van der Waals surface area contributed by atoms with Gasteiger partial charge in [-0.25, -0.2) is 0 Å². The van der Waals surface area contributed by atoms with Crippen LogP contribution in [0.1, 0.15) is 19.4 Å². The van der Waals surface area contributed by atoms with Gasteiger partial charge in [0.1, 0.15) is 19.8 Å². The lowest BCUT2D eigenvalue weighted by atomic mass is 10.2. The minimum Gasteiger partial charge on any atom is -0.493 e.